The van der Waals surface area contributed by atoms with Crippen LogP contribution in [0.15, 0.2) is 23.1 Å². The van der Waals surface area contributed by atoms with Gasteiger partial charge in [0.25, 0.3) is 5.69 Å². The van der Waals surface area contributed by atoms with E-state index in [1.807, 2.05) is 13.8 Å². The molecule has 0 aliphatic carbocycles. The molecule has 0 atom stereocenters. The maximum Gasteiger partial charge on any atom is 0.270 e. The molecule has 112 valence electrons. The van der Waals surface area contributed by atoms with Gasteiger partial charge in [0.05, 0.1) is 10.6 Å². The minimum Gasteiger partial charge on any atom is -0.323 e. The van der Waals surface area contributed by atoms with Crippen molar-refractivity contribution in [2.24, 2.45) is 5.84 Å². The summed E-state index contributed by atoms with van der Waals surface area (Å²) in [4.78, 5) is 9.86. The topological polar surface area (TPSA) is 127 Å². The summed E-state index contributed by atoms with van der Waals surface area (Å²) < 4.78 is 27.1. The summed E-state index contributed by atoms with van der Waals surface area (Å²) in [5.41, 5.74) is 2.03. The van der Waals surface area contributed by atoms with Crippen molar-refractivity contribution >= 4 is 21.4 Å². The predicted molar refractivity (Wildman–Crippen MR) is 75.6 cm³/mol. The number of nitrogen functional groups attached to an aromatic ring is 1. The van der Waals surface area contributed by atoms with Gasteiger partial charge in [-0.05, 0) is 18.9 Å². The molecule has 0 aromatic heterocycles. The average molecular weight is 302 g/mol. The standard InChI is InChI=1S/C11H18N4O4S/c1-3-8(4-2)14-20(18,19)11-7-9(15(16)17)5-6-10(11)13-12/h5-8,13-14H,3-4,12H2,1-2H3. The number of anilines is 1. The second kappa shape index (κ2) is 6.64. The molecule has 0 aliphatic rings. The van der Waals surface area contributed by atoms with E-state index in [0.717, 1.165) is 6.07 Å². The third kappa shape index (κ3) is 3.65. The molecule has 0 spiro atoms. The number of nitro benzene ring substituents is 1. The van der Waals surface area contributed by atoms with Gasteiger partial charge in [-0.3, -0.25) is 16.0 Å². The van der Waals surface area contributed by atoms with Crippen LogP contribution in [0.4, 0.5) is 11.4 Å². The number of nitrogens with one attached hydrogen (secondary N) is 2. The molecular weight excluding hydrogens is 284 g/mol. The smallest absolute Gasteiger partial charge is 0.270 e. The molecule has 0 amide bonds. The van der Waals surface area contributed by atoms with Crippen molar-refractivity contribution in [3.63, 3.8) is 0 Å². The van der Waals surface area contributed by atoms with E-state index < -0.39 is 14.9 Å². The number of sulfonamides is 1. The Bertz CT molecular complexity index is 584. The van der Waals surface area contributed by atoms with E-state index in [0.29, 0.717) is 12.8 Å². The maximum absolute atomic E-state index is 12.3. The lowest BCUT2D eigenvalue weighted by molar-refractivity contribution is -0.385. The van der Waals surface area contributed by atoms with Crippen molar-refractivity contribution < 1.29 is 13.3 Å². The number of hydrogen-bond donors (Lipinski definition) is 3. The van der Waals surface area contributed by atoms with Crippen LogP contribution >= 0.6 is 0 Å². The lowest BCUT2D eigenvalue weighted by Gasteiger charge is -2.16. The van der Waals surface area contributed by atoms with E-state index >= 15 is 0 Å². The first kappa shape index (κ1) is 16.3. The zero-order valence-electron chi connectivity index (χ0n) is 11.3. The molecule has 0 radical (unpaired) electrons. The first-order valence-electron chi connectivity index (χ1n) is 6.13. The Morgan fingerprint density at radius 1 is 1.35 bits per heavy atom. The zero-order chi connectivity index (χ0) is 15.3. The maximum atomic E-state index is 12.3. The summed E-state index contributed by atoms with van der Waals surface area (Å²) in [6.45, 7) is 3.71. The van der Waals surface area contributed by atoms with Crippen LogP contribution in [0.1, 0.15) is 26.7 Å². The Kier molecular flexibility index (Phi) is 5.43. The molecule has 0 fully saturated rings. The largest absolute Gasteiger partial charge is 0.323 e. The number of rotatable bonds is 7. The van der Waals surface area contributed by atoms with Crippen molar-refractivity contribution in [2.75, 3.05) is 5.43 Å². The van der Waals surface area contributed by atoms with Gasteiger partial charge in [-0.2, -0.15) is 0 Å². The molecule has 20 heavy (non-hydrogen) atoms. The number of non-ortho nitro benzene ring substituents is 1. The number of nitrogens with two attached hydrogens (primary N) is 1. The molecule has 0 heterocycles. The molecule has 0 saturated heterocycles. The molecule has 0 saturated carbocycles. The lowest BCUT2D eigenvalue weighted by atomic mass is 10.2. The quantitative estimate of drug-likeness (QED) is 0.396. The van der Waals surface area contributed by atoms with Crippen LogP contribution in [-0.4, -0.2) is 19.4 Å². The van der Waals surface area contributed by atoms with Gasteiger partial charge in [-0.15, -0.1) is 0 Å². The minimum atomic E-state index is -3.88. The van der Waals surface area contributed by atoms with Gasteiger partial charge in [-0.1, -0.05) is 13.8 Å². The Balaban J connectivity index is 3.28. The molecule has 0 unspecified atom stereocenters. The van der Waals surface area contributed by atoms with E-state index in [1.54, 1.807) is 0 Å². The number of hydrogen-bond acceptors (Lipinski definition) is 6. The highest BCUT2D eigenvalue weighted by atomic mass is 32.2. The lowest BCUT2D eigenvalue weighted by Crippen LogP contribution is -2.34. The summed E-state index contributed by atoms with van der Waals surface area (Å²) in [5.74, 6) is 5.26. The monoisotopic (exact) mass is 302 g/mol. The van der Waals surface area contributed by atoms with Gasteiger partial charge in [0.2, 0.25) is 10.0 Å². The Morgan fingerprint density at radius 3 is 2.40 bits per heavy atom. The van der Waals surface area contributed by atoms with Crippen LogP contribution in [0.25, 0.3) is 0 Å². The first-order chi connectivity index (χ1) is 9.35. The third-order valence-electron chi connectivity index (χ3n) is 2.93. The average Bonchev–Trinajstić information content (AvgIpc) is 2.43. The normalized spacial score (nSPS) is 11.6. The number of hydrazine groups is 1. The summed E-state index contributed by atoms with van der Waals surface area (Å²) in [6.07, 6.45) is 1.24. The number of nitro groups is 1. The zero-order valence-corrected chi connectivity index (χ0v) is 12.1. The van der Waals surface area contributed by atoms with Gasteiger partial charge < -0.3 is 5.43 Å². The molecule has 1 aromatic rings. The number of benzene rings is 1. The molecule has 0 aliphatic heterocycles. The van der Waals surface area contributed by atoms with Gasteiger partial charge in [-0.25, -0.2) is 13.1 Å². The SMILES string of the molecule is CCC(CC)NS(=O)(=O)c1cc([N+](=O)[O-])ccc1NN. The molecule has 0 bridgehead atoms. The van der Waals surface area contributed by atoms with E-state index in [2.05, 4.69) is 10.1 Å². The predicted octanol–water partition coefficient (Wildman–Crippen LogP) is 1.35. The fourth-order valence-electron chi connectivity index (χ4n) is 1.70. The molecule has 8 nitrogen and oxygen atoms in total. The van der Waals surface area contributed by atoms with Crippen LogP contribution in [-0.2, 0) is 10.0 Å². The number of nitrogens with zero attached hydrogens (tertiary/aromatic N) is 1. The van der Waals surface area contributed by atoms with Crippen molar-refractivity contribution in [1.29, 1.82) is 0 Å². The highest BCUT2D eigenvalue weighted by molar-refractivity contribution is 7.89. The van der Waals surface area contributed by atoms with E-state index in [1.165, 1.54) is 12.1 Å². The van der Waals surface area contributed by atoms with E-state index in [4.69, 9.17) is 5.84 Å². The second-order valence-electron chi connectivity index (χ2n) is 4.22. The Morgan fingerprint density at radius 2 is 1.95 bits per heavy atom. The molecule has 1 rings (SSSR count). The Hall–Kier alpha value is -1.71. The summed E-state index contributed by atoms with van der Waals surface area (Å²) in [5, 5.41) is 10.8. The van der Waals surface area contributed by atoms with Crippen molar-refractivity contribution in [1.82, 2.24) is 4.72 Å². The minimum absolute atomic E-state index is 0.106. The van der Waals surface area contributed by atoms with Crippen molar-refractivity contribution in [2.45, 2.75) is 37.6 Å². The Labute approximate surface area is 117 Å². The summed E-state index contributed by atoms with van der Waals surface area (Å²) in [7, 11) is -3.88. The van der Waals surface area contributed by atoms with Crippen LogP contribution in [0.5, 0.6) is 0 Å². The third-order valence-corrected chi connectivity index (χ3v) is 4.49. The van der Waals surface area contributed by atoms with Crippen molar-refractivity contribution in [3.8, 4) is 0 Å². The summed E-state index contributed by atoms with van der Waals surface area (Å²) in [6, 6.07) is 3.20. The second-order valence-corrected chi connectivity index (χ2v) is 5.90. The molecule has 9 heteroatoms. The fourth-order valence-corrected chi connectivity index (χ4v) is 3.30. The van der Waals surface area contributed by atoms with Gasteiger partial charge in [0.1, 0.15) is 4.90 Å². The van der Waals surface area contributed by atoms with E-state index in [9.17, 15) is 18.5 Å². The van der Waals surface area contributed by atoms with E-state index in [-0.39, 0.29) is 22.3 Å². The summed E-state index contributed by atoms with van der Waals surface area (Å²) >= 11 is 0. The van der Waals surface area contributed by atoms with Gasteiger partial charge in [0.15, 0.2) is 0 Å². The van der Waals surface area contributed by atoms with Gasteiger partial charge in [0, 0.05) is 18.2 Å². The van der Waals surface area contributed by atoms with Gasteiger partial charge >= 0.3 is 0 Å². The first-order valence-corrected chi connectivity index (χ1v) is 7.61. The van der Waals surface area contributed by atoms with Crippen LogP contribution in [0.3, 0.4) is 0 Å². The van der Waals surface area contributed by atoms with Crippen LogP contribution in [0.2, 0.25) is 0 Å². The van der Waals surface area contributed by atoms with Crippen molar-refractivity contribution in [3.05, 3.63) is 28.3 Å². The molecule has 1 aromatic carbocycles. The highest BCUT2D eigenvalue weighted by Gasteiger charge is 2.24. The molecular formula is C11H18N4O4S. The fraction of sp³-hybridized carbons (Fsp3) is 0.455. The molecule has 4 N–H and O–H groups in total. The highest BCUT2D eigenvalue weighted by Crippen LogP contribution is 2.26. The van der Waals surface area contributed by atoms with Crippen LogP contribution in [0, 0.1) is 10.1 Å². The van der Waals surface area contributed by atoms with Crippen LogP contribution < -0.4 is 16.0 Å².